The van der Waals surface area contributed by atoms with Gasteiger partial charge in [-0.05, 0) is 18.2 Å². The van der Waals surface area contributed by atoms with E-state index in [0.717, 1.165) is 10.9 Å². The average molecular weight is 157 g/mol. The van der Waals surface area contributed by atoms with Gasteiger partial charge in [-0.2, -0.15) is 5.26 Å². The van der Waals surface area contributed by atoms with Crippen molar-refractivity contribution in [2.45, 2.75) is 0 Å². The van der Waals surface area contributed by atoms with Gasteiger partial charge in [-0.1, -0.05) is 0 Å². The quantitative estimate of drug-likeness (QED) is 0.570. The van der Waals surface area contributed by atoms with Crippen LogP contribution in [0.2, 0.25) is 0 Å². The van der Waals surface area contributed by atoms with E-state index in [-0.39, 0.29) is 0 Å². The van der Waals surface area contributed by atoms with Crippen LogP contribution in [0.1, 0.15) is 5.56 Å². The van der Waals surface area contributed by atoms with Crippen molar-refractivity contribution < 1.29 is 0 Å². The van der Waals surface area contributed by atoms with Gasteiger partial charge in [-0.3, -0.25) is 0 Å². The lowest BCUT2D eigenvalue weighted by Crippen LogP contribution is -1.86. The number of aromatic amines is 1. The normalized spacial score (nSPS) is 9.92. The highest BCUT2D eigenvalue weighted by Gasteiger charge is 2.01. The number of benzene rings is 1. The number of nitrogens with two attached hydrogens (primary N) is 1. The molecule has 1 aromatic heterocycles. The van der Waals surface area contributed by atoms with Gasteiger partial charge in [0.25, 0.3) is 0 Å². The van der Waals surface area contributed by atoms with Gasteiger partial charge in [-0.15, -0.1) is 0 Å². The summed E-state index contributed by atoms with van der Waals surface area (Å²) < 4.78 is 0. The summed E-state index contributed by atoms with van der Waals surface area (Å²) in [5, 5.41) is 9.73. The van der Waals surface area contributed by atoms with Gasteiger partial charge in [0.05, 0.1) is 11.1 Å². The molecule has 3 heteroatoms. The molecular weight excluding hydrogens is 150 g/mol. The Bertz CT molecular complexity index is 462. The first-order chi connectivity index (χ1) is 5.81. The van der Waals surface area contributed by atoms with Crippen molar-refractivity contribution in [1.82, 2.24) is 4.98 Å². The van der Waals surface area contributed by atoms with Crippen LogP contribution in [0.3, 0.4) is 0 Å². The summed E-state index contributed by atoms with van der Waals surface area (Å²) in [6, 6.07) is 7.49. The van der Waals surface area contributed by atoms with Crippen LogP contribution in [0.25, 0.3) is 10.9 Å². The number of aromatic nitrogens is 1. The Labute approximate surface area is 69.4 Å². The first-order valence-corrected chi connectivity index (χ1v) is 3.58. The standard InChI is InChI=1S/C9H7N3/c10-5-7-4-8(11)3-6-1-2-12-9(6)7/h1-4,12H,11H2. The molecule has 0 saturated carbocycles. The van der Waals surface area contributed by atoms with E-state index >= 15 is 0 Å². The second kappa shape index (κ2) is 2.28. The van der Waals surface area contributed by atoms with Crippen LogP contribution < -0.4 is 5.73 Å². The molecule has 0 aliphatic carbocycles. The Kier molecular flexibility index (Phi) is 1.28. The monoisotopic (exact) mass is 157 g/mol. The molecule has 0 bridgehead atoms. The molecule has 2 aromatic rings. The lowest BCUT2D eigenvalue weighted by atomic mass is 10.1. The van der Waals surface area contributed by atoms with E-state index in [1.54, 1.807) is 12.3 Å². The van der Waals surface area contributed by atoms with Crippen molar-refractivity contribution in [3.8, 4) is 6.07 Å². The maximum atomic E-state index is 8.75. The number of hydrogen-bond acceptors (Lipinski definition) is 2. The van der Waals surface area contributed by atoms with Gasteiger partial charge < -0.3 is 10.7 Å². The smallest absolute Gasteiger partial charge is 0.101 e. The molecule has 0 amide bonds. The van der Waals surface area contributed by atoms with E-state index < -0.39 is 0 Å². The highest BCUT2D eigenvalue weighted by molar-refractivity contribution is 5.87. The first-order valence-electron chi connectivity index (χ1n) is 3.58. The fraction of sp³-hybridized carbons (Fsp3) is 0. The minimum absolute atomic E-state index is 0.593. The molecule has 12 heavy (non-hydrogen) atoms. The van der Waals surface area contributed by atoms with E-state index in [4.69, 9.17) is 11.0 Å². The summed E-state index contributed by atoms with van der Waals surface area (Å²) in [6.45, 7) is 0. The maximum absolute atomic E-state index is 8.75. The summed E-state index contributed by atoms with van der Waals surface area (Å²) in [5.41, 5.74) is 7.66. The zero-order chi connectivity index (χ0) is 8.55. The molecule has 0 saturated heterocycles. The summed E-state index contributed by atoms with van der Waals surface area (Å²) in [4.78, 5) is 2.99. The zero-order valence-corrected chi connectivity index (χ0v) is 6.33. The molecule has 3 nitrogen and oxygen atoms in total. The number of nitrogens with zero attached hydrogens (tertiary/aromatic N) is 1. The molecule has 0 spiro atoms. The van der Waals surface area contributed by atoms with E-state index in [1.807, 2.05) is 12.1 Å². The number of rotatable bonds is 0. The average Bonchev–Trinajstić information content (AvgIpc) is 2.50. The number of nitrogen functional groups attached to an aromatic ring is 1. The molecule has 0 unspecified atom stereocenters. The van der Waals surface area contributed by atoms with Crippen LogP contribution in [0, 0.1) is 11.3 Å². The second-order valence-corrected chi connectivity index (χ2v) is 2.62. The number of nitriles is 1. The Hall–Kier alpha value is -1.95. The number of hydrogen-bond donors (Lipinski definition) is 2. The summed E-state index contributed by atoms with van der Waals surface area (Å²) in [7, 11) is 0. The van der Waals surface area contributed by atoms with Gasteiger partial charge in [0.1, 0.15) is 6.07 Å². The summed E-state index contributed by atoms with van der Waals surface area (Å²) in [5.74, 6) is 0. The fourth-order valence-corrected chi connectivity index (χ4v) is 1.28. The van der Waals surface area contributed by atoms with Crippen molar-refractivity contribution in [2.75, 3.05) is 5.73 Å². The van der Waals surface area contributed by atoms with Crippen molar-refractivity contribution in [3.63, 3.8) is 0 Å². The number of H-pyrrole nitrogens is 1. The Morgan fingerprint density at radius 3 is 3.00 bits per heavy atom. The van der Waals surface area contributed by atoms with E-state index in [2.05, 4.69) is 11.1 Å². The molecule has 3 N–H and O–H groups in total. The molecule has 2 rings (SSSR count). The highest BCUT2D eigenvalue weighted by Crippen LogP contribution is 2.20. The Balaban J connectivity index is 2.91. The molecule has 0 fully saturated rings. The predicted octanol–water partition coefficient (Wildman–Crippen LogP) is 1.62. The molecule has 0 aliphatic heterocycles. The molecule has 58 valence electrons. The third kappa shape index (κ3) is 0.823. The van der Waals surface area contributed by atoms with Gasteiger partial charge in [0.15, 0.2) is 0 Å². The Morgan fingerprint density at radius 2 is 2.25 bits per heavy atom. The highest BCUT2D eigenvalue weighted by atomic mass is 14.7. The van der Waals surface area contributed by atoms with Gasteiger partial charge in [0.2, 0.25) is 0 Å². The minimum atomic E-state index is 0.593. The first kappa shape index (κ1) is 6.74. The van der Waals surface area contributed by atoms with E-state index in [1.165, 1.54) is 0 Å². The predicted molar refractivity (Wildman–Crippen MR) is 47.4 cm³/mol. The third-order valence-corrected chi connectivity index (χ3v) is 1.80. The van der Waals surface area contributed by atoms with Gasteiger partial charge in [0, 0.05) is 17.3 Å². The van der Waals surface area contributed by atoms with Crippen molar-refractivity contribution in [2.24, 2.45) is 0 Å². The van der Waals surface area contributed by atoms with E-state index in [9.17, 15) is 0 Å². The van der Waals surface area contributed by atoms with Crippen LogP contribution in [-0.2, 0) is 0 Å². The number of fused-ring (bicyclic) bond motifs is 1. The molecule has 0 aliphatic rings. The van der Waals surface area contributed by atoms with Crippen LogP contribution in [0.15, 0.2) is 24.4 Å². The SMILES string of the molecule is N#Cc1cc(N)cc2cc[nH]c12. The topological polar surface area (TPSA) is 65.6 Å². The molecular formula is C9H7N3. The molecule has 1 heterocycles. The summed E-state index contributed by atoms with van der Waals surface area (Å²) >= 11 is 0. The fourth-order valence-electron chi connectivity index (χ4n) is 1.28. The number of anilines is 1. The maximum Gasteiger partial charge on any atom is 0.101 e. The van der Waals surface area contributed by atoms with Crippen LogP contribution >= 0.6 is 0 Å². The minimum Gasteiger partial charge on any atom is -0.399 e. The summed E-state index contributed by atoms with van der Waals surface area (Å²) in [6.07, 6.45) is 1.80. The van der Waals surface area contributed by atoms with Gasteiger partial charge in [-0.25, -0.2) is 0 Å². The molecule has 0 atom stereocenters. The van der Waals surface area contributed by atoms with Gasteiger partial charge >= 0.3 is 0 Å². The molecule has 0 radical (unpaired) electrons. The zero-order valence-electron chi connectivity index (χ0n) is 6.33. The van der Waals surface area contributed by atoms with E-state index in [0.29, 0.717) is 11.3 Å². The lowest BCUT2D eigenvalue weighted by Gasteiger charge is -1.95. The van der Waals surface area contributed by atoms with Crippen LogP contribution in [-0.4, -0.2) is 4.98 Å². The number of nitrogens with one attached hydrogen (secondary N) is 1. The van der Waals surface area contributed by atoms with Crippen molar-refractivity contribution in [1.29, 1.82) is 5.26 Å². The van der Waals surface area contributed by atoms with Crippen molar-refractivity contribution >= 4 is 16.6 Å². The molecule has 1 aromatic carbocycles. The largest absolute Gasteiger partial charge is 0.399 e. The van der Waals surface area contributed by atoms with Crippen LogP contribution in [0.5, 0.6) is 0 Å². The lowest BCUT2D eigenvalue weighted by molar-refractivity contribution is 1.44. The third-order valence-electron chi connectivity index (χ3n) is 1.80. The van der Waals surface area contributed by atoms with Crippen LogP contribution in [0.4, 0.5) is 5.69 Å². The Morgan fingerprint density at radius 1 is 1.42 bits per heavy atom. The van der Waals surface area contributed by atoms with Crippen molar-refractivity contribution in [3.05, 3.63) is 30.0 Å². The second-order valence-electron chi connectivity index (χ2n) is 2.62.